The molecule has 2 aromatic rings. The highest BCUT2D eigenvalue weighted by Gasteiger charge is 2.48. The maximum Gasteiger partial charge on any atom is 0.410 e. The molecule has 0 saturated carbocycles. The number of carbonyl (C=O) groups excluding carboxylic acids is 1. The monoisotopic (exact) mass is 715 g/mol. The molecule has 1 amide bonds. The van der Waals surface area contributed by atoms with Gasteiger partial charge in [0.1, 0.15) is 23.0 Å². The van der Waals surface area contributed by atoms with Crippen molar-refractivity contribution in [1.29, 1.82) is 0 Å². The van der Waals surface area contributed by atoms with Crippen LogP contribution >= 0.6 is 38.5 Å². The van der Waals surface area contributed by atoms with Gasteiger partial charge in [-0.25, -0.2) is 4.79 Å². The highest BCUT2D eigenvalue weighted by molar-refractivity contribution is 14.1. The highest BCUT2D eigenvalue weighted by Crippen LogP contribution is 2.45. The molecular weight excluding hydrogens is 677 g/mol. The molecule has 3 saturated heterocycles. The molecule has 0 N–H and O–H groups in total. The molecule has 9 nitrogen and oxygen atoms in total. The molecular formula is C28H39BrIN5O4. The van der Waals surface area contributed by atoms with Crippen molar-refractivity contribution in [3.8, 4) is 11.8 Å². The number of hydrogen-bond acceptors (Lipinski definition) is 8. The maximum atomic E-state index is 12.5. The number of rotatable bonds is 5. The number of anilines is 1. The van der Waals surface area contributed by atoms with Crippen LogP contribution in [0.2, 0.25) is 0 Å². The zero-order valence-corrected chi connectivity index (χ0v) is 27.3. The molecule has 0 aliphatic carbocycles. The van der Waals surface area contributed by atoms with Crippen LogP contribution in [0.4, 0.5) is 10.6 Å². The van der Waals surface area contributed by atoms with Crippen LogP contribution in [0.25, 0.3) is 10.9 Å². The van der Waals surface area contributed by atoms with E-state index >= 15 is 0 Å². The van der Waals surface area contributed by atoms with E-state index in [2.05, 4.69) is 61.4 Å². The summed E-state index contributed by atoms with van der Waals surface area (Å²) in [7, 11) is 2.15. The van der Waals surface area contributed by atoms with Gasteiger partial charge in [-0.05, 0) is 105 Å². The summed E-state index contributed by atoms with van der Waals surface area (Å²) in [4.78, 5) is 28.9. The van der Waals surface area contributed by atoms with Crippen molar-refractivity contribution in [2.45, 2.75) is 65.1 Å². The van der Waals surface area contributed by atoms with Gasteiger partial charge in [0.05, 0.1) is 11.1 Å². The molecule has 3 aliphatic rings. The molecule has 1 spiro atoms. The third-order valence-corrected chi connectivity index (χ3v) is 10.2. The van der Waals surface area contributed by atoms with Crippen LogP contribution in [-0.2, 0) is 4.74 Å². The lowest BCUT2D eigenvalue weighted by atomic mass is 9.72. The van der Waals surface area contributed by atoms with Gasteiger partial charge in [0, 0.05) is 53.6 Å². The van der Waals surface area contributed by atoms with Crippen molar-refractivity contribution in [1.82, 2.24) is 19.8 Å². The molecule has 0 radical (unpaired) electrons. The van der Waals surface area contributed by atoms with Crippen LogP contribution in [0.5, 0.6) is 11.8 Å². The lowest BCUT2D eigenvalue weighted by molar-refractivity contribution is -0.0434. The van der Waals surface area contributed by atoms with Crippen molar-refractivity contribution in [2.75, 3.05) is 57.8 Å². The van der Waals surface area contributed by atoms with E-state index in [4.69, 9.17) is 24.2 Å². The minimum atomic E-state index is -0.475. The molecule has 214 valence electrons. The summed E-state index contributed by atoms with van der Waals surface area (Å²) in [6.45, 7) is 13.5. The van der Waals surface area contributed by atoms with E-state index in [1.165, 1.54) is 0 Å². The summed E-state index contributed by atoms with van der Waals surface area (Å²) in [5.74, 6) is 1.63. The Morgan fingerprint density at radius 2 is 1.82 bits per heavy atom. The van der Waals surface area contributed by atoms with Gasteiger partial charge in [0.25, 0.3) is 0 Å². The summed E-state index contributed by atoms with van der Waals surface area (Å²) in [5, 5.41) is 0.974. The van der Waals surface area contributed by atoms with Crippen LogP contribution in [0.15, 0.2) is 10.5 Å². The van der Waals surface area contributed by atoms with Crippen molar-refractivity contribution in [3.05, 3.63) is 14.1 Å². The van der Waals surface area contributed by atoms with Crippen molar-refractivity contribution in [2.24, 2.45) is 5.41 Å². The SMILES string of the molecule is CCOc1c(Br)c(I)cc2c(N3CCC4(CC3)CN(C(=O)OC(C)(C)C)C4)nc(OC3CCN(C)CC3)nc12. The first-order chi connectivity index (χ1) is 18.5. The zero-order chi connectivity index (χ0) is 27.9. The second kappa shape index (κ2) is 11.3. The van der Waals surface area contributed by atoms with E-state index < -0.39 is 5.60 Å². The van der Waals surface area contributed by atoms with E-state index in [9.17, 15) is 4.79 Å². The largest absolute Gasteiger partial charge is 0.490 e. The van der Waals surface area contributed by atoms with Crippen LogP contribution in [0, 0.1) is 8.99 Å². The van der Waals surface area contributed by atoms with Gasteiger partial charge < -0.3 is 28.9 Å². The van der Waals surface area contributed by atoms with Gasteiger partial charge in [-0.1, -0.05) is 0 Å². The fourth-order valence-corrected chi connectivity index (χ4v) is 6.67. The summed E-state index contributed by atoms with van der Waals surface area (Å²) in [5.41, 5.74) is 0.451. The van der Waals surface area contributed by atoms with E-state index in [-0.39, 0.29) is 17.6 Å². The summed E-state index contributed by atoms with van der Waals surface area (Å²) in [6.07, 6.45) is 3.80. The van der Waals surface area contributed by atoms with Crippen LogP contribution in [0.3, 0.4) is 0 Å². The number of ether oxygens (including phenoxy) is 3. The minimum Gasteiger partial charge on any atom is -0.490 e. The molecule has 4 heterocycles. The number of aromatic nitrogens is 2. The number of likely N-dealkylation sites (tertiary alicyclic amines) is 2. The second-order valence-electron chi connectivity index (χ2n) is 12.1. The highest BCUT2D eigenvalue weighted by atomic mass is 127. The molecule has 0 atom stereocenters. The van der Waals surface area contributed by atoms with Crippen LogP contribution in [0.1, 0.15) is 53.4 Å². The first-order valence-electron chi connectivity index (χ1n) is 13.9. The third-order valence-electron chi connectivity index (χ3n) is 7.85. The summed E-state index contributed by atoms with van der Waals surface area (Å²) >= 11 is 6.06. The Hall–Kier alpha value is -1.60. The van der Waals surface area contributed by atoms with E-state index in [1.807, 2.05) is 32.6 Å². The van der Waals surface area contributed by atoms with Crippen LogP contribution < -0.4 is 14.4 Å². The summed E-state index contributed by atoms with van der Waals surface area (Å²) in [6, 6.07) is 2.55. The molecule has 0 bridgehead atoms. The Morgan fingerprint density at radius 3 is 2.44 bits per heavy atom. The first-order valence-corrected chi connectivity index (χ1v) is 15.7. The Morgan fingerprint density at radius 1 is 1.15 bits per heavy atom. The fraction of sp³-hybridized carbons (Fsp3) is 0.679. The van der Waals surface area contributed by atoms with Crippen molar-refractivity contribution >= 4 is 61.3 Å². The van der Waals surface area contributed by atoms with Gasteiger partial charge in [0.2, 0.25) is 0 Å². The number of nitrogens with zero attached hydrogens (tertiary/aromatic N) is 5. The average molecular weight is 716 g/mol. The van der Waals surface area contributed by atoms with E-state index in [1.54, 1.807) is 0 Å². The molecule has 1 aromatic heterocycles. The topological polar surface area (TPSA) is 80.3 Å². The molecule has 39 heavy (non-hydrogen) atoms. The fourth-order valence-electron chi connectivity index (χ4n) is 5.70. The van der Waals surface area contributed by atoms with Gasteiger partial charge >= 0.3 is 12.1 Å². The summed E-state index contributed by atoms with van der Waals surface area (Å²) < 4.78 is 20.0. The number of carbonyl (C=O) groups is 1. The Balaban J connectivity index is 1.39. The standard InChI is InChI=1S/C28H39BrIN5O4/c1-6-37-23-21(29)20(30)15-19-22(23)31-25(38-18-7-11-33(5)12-8-18)32-24(19)34-13-9-28(10-14-34)16-35(17-28)26(36)39-27(2,3)4/h15,18H,6-14,16-17H2,1-5H3. The van der Waals surface area contributed by atoms with Crippen molar-refractivity contribution in [3.63, 3.8) is 0 Å². The molecule has 5 rings (SSSR count). The average Bonchev–Trinajstić information content (AvgIpc) is 2.86. The third kappa shape index (κ3) is 6.34. The molecule has 1 aromatic carbocycles. The lowest BCUT2D eigenvalue weighted by Crippen LogP contribution is -2.62. The maximum absolute atomic E-state index is 12.5. The number of piperidine rings is 2. The smallest absolute Gasteiger partial charge is 0.410 e. The number of hydrogen-bond donors (Lipinski definition) is 0. The molecule has 11 heteroatoms. The predicted octanol–water partition coefficient (Wildman–Crippen LogP) is 5.71. The van der Waals surface area contributed by atoms with Gasteiger partial charge in [-0.2, -0.15) is 9.97 Å². The molecule has 3 aliphatic heterocycles. The van der Waals surface area contributed by atoms with Gasteiger partial charge in [0.15, 0.2) is 5.75 Å². The van der Waals surface area contributed by atoms with E-state index in [0.29, 0.717) is 12.6 Å². The second-order valence-corrected chi connectivity index (χ2v) is 14.1. The van der Waals surface area contributed by atoms with Gasteiger partial charge in [-0.15, -0.1) is 0 Å². The number of halogens is 2. The zero-order valence-electron chi connectivity index (χ0n) is 23.6. The predicted molar refractivity (Wildman–Crippen MR) is 164 cm³/mol. The molecule has 3 fully saturated rings. The Labute approximate surface area is 253 Å². The molecule has 0 unspecified atom stereocenters. The minimum absolute atomic E-state index is 0.104. The van der Waals surface area contributed by atoms with Crippen LogP contribution in [-0.4, -0.2) is 90.5 Å². The number of benzene rings is 1. The number of amides is 1. The Kier molecular flexibility index (Phi) is 8.41. The van der Waals surface area contributed by atoms with Crippen molar-refractivity contribution < 1.29 is 19.0 Å². The Bertz CT molecular complexity index is 1210. The van der Waals surface area contributed by atoms with Gasteiger partial charge in [-0.3, -0.25) is 0 Å². The quantitative estimate of drug-likeness (QED) is 0.365. The lowest BCUT2D eigenvalue weighted by Gasteiger charge is -2.53. The first kappa shape index (κ1) is 28.9. The van der Waals surface area contributed by atoms with E-state index in [0.717, 1.165) is 95.5 Å². The number of fused-ring (bicyclic) bond motifs is 1. The normalized spacial score (nSPS) is 20.3.